The van der Waals surface area contributed by atoms with Crippen LogP contribution in [0, 0.1) is 18.3 Å². The highest BCUT2D eigenvalue weighted by Crippen LogP contribution is 2.16. The topological polar surface area (TPSA) is 56.1 Å². The SMILES string of the molecule is CN1CCC(Nc2cccc(C#N)c2)C1=O.Cc1ccccc1. The molecule has 1 heterocycles. The van der Waals surface area contributed by atoms with E-state index in [2.05, 4.69) is 30.4 Å². The predicted octanol–water partition coefficient (Wildman–Crippen LogP) is 3.20. The van der Waals surface area contributed by atoms with Gasteiger partial charge in [-0.1, -0.05) is 42.0 Å². The largest absolute Gasteiger partial charge is 0.374 e. The lowest BCUT2D eigenvalue weighted by molar-refractivity contribution is -0.127. The van der Waals surface area contributed by atoms with Crippen molar-refractivity contribution in [3.05, 3.63) is 65.7 Å². The third-order valence-electron chi connectivity index (χ3n) is 3.70. The van der Waals surface area contributed by atoms with E-state index < -0.39 is 0 Å². The highest BCUT2D eigenvalue weighted by Gasteiger charge is 2.28. The van der Waals surface area contributed by atoms with Gasteiger partial charge in [0.2, 0.25) is 5.91 Å². The molecule has 1 unspecified atom stereocenters. The van der Waals surface area contributed by atoms with Crippen LogP contribution in [-0.2, 0) is 4.79 Å². The fraction of sp³-hybridized carbons (Fsp3) is 0.263. The Balaban J connectivity index is 0.000000229. The average molecular weight is 307 g/mol. The molecular formula is C19H21N3O. The van der Waals surface area contributed by atoms with E-state index in [0.717, 1.165) is 18.7 Å². The number of carbonyl (C=O) groups excluding carboxylic acids is 1. The first-order chi connectivity index (χ1) is 11.1. The summed E-state index contributed by atoms with van der Waals surface area (Å²) in [7, 11) is 1.80. The summed E-state index contributed by atoms with van der Waals surface area (Å²) in [6, 6.07) is 19.4. The Morgan fingerprint density at radius 2 is 1.91 bits per heavy atom. The maximum Gasteiger partial charge on any atom is 0.244 e. The number of nitriles is 1. The monoisotopic (exact) mass is 307 g/mol. The van der Waals surface area contributed by atoms with Crippen LogP contribution in [0.15, 0.2) is 54.6 Å². The van der Waals surface area contributed by atoms with Crippen LogP contribution in [0.25, 0.3) is 0 Å². The molecule has 0 bridgehead atoms. The minimum atomic E-state index is -0.154. The summed E-state index contributed by atoms with van der Waals surface area (Å²) >= 11 is 0. The quantitative estimate of drug-likeness (QED) is 0.927. The summed E-state index contributed by atoms with van der Waals surface area (Å²) in [5.74, 6) is 0.113. The number of hydrogen-bond donors (Lipinski definition) is 1. The lowest BCUT2D eigenvalue weighted by Gasteiger charge is -2.13. The summed E-state index contributed by atoms with van der Waals surface area (Å²) in [5.41, 5.74) is 2.75. The van der Waals surface area contributed by atoms with Crippen LogP contribution < -0.4 is 5.32 Å². The Labute approximate surface area is 137 Å². The molecule has 1 aliphatic rings. The smallest absolute Gasteiger partial charge is 0.244 e. The molecule has 0 saturated carbocycles. The average Bonchev–Trinajstić information content (AvgIpc) is 2.88. The number of nitrogens with zero attached hydrogens (tertiary/aromatic N) is 2. The molecule has 1 atom stereocenters. The summed E-state index contributed by atoms with van der Waals surface area (Å²) in [6.45, 7) is 2.87. The third-order valence-corrected chi connectivity index (χ3v) is 3.70. The van der Waals surface area contributed by atoms with E-state index in [9.17, 15) is 4.79 Å². The number of amides is 1. The van der Waals surface area contributed by atoms with Gasteiger partial charge in [0.05, 0.1) is 11.6 Å². The number of carbonyl (C=O) groups is 1. The van der Waals surface area contributed by atoms with Gasteiger partial charge in [0, 0.05) is 19.3 Å². The number of nitrogens with one attached hydrogen (secondary N) is 1. The second-order valence-corrected chi connectivity index (χ2v) is 5.59. The second kappa shape index (κ2) is 8.00. The van der Waals surface area contributed by atoms with Crippen LogP contribution in [0.4, 0.5) is 5.69 Å². The molecule has 1 amide bonds. The summed E-state index contributed by atoms with van der Waals surface area (Å²) < 4.78 is 0. The molecule has 0 aliphatic carbocycles. The summed E-state index contributed by atoms with van der Waals surface area (Å²) in [6.07, 6.45) is 0.812. The third kappa shape index (κ3) is 4.86. The van der Waals surface area contributed by atoms with E-state index in [4.69, 9.17) is 5.26 Å². The molecule has 4 heteroatoms. The minimum Gasteiger partial charge on any atom is -0.374 e. The molecule has 1 aliphatic heterocycles. The summed E-state index contributed by atoms with van der Waals surface area (Å²) in [5, 5.41) is 11.9. The molecule has 23 heavy (non-hydrogen) atoms. The Morgan fingerprint density at radius 1 is 1.17 bits per heavy atom. The van der Waals surface area contributed by atoms with Gasteiger partial charge in [-0.2, -0.15) is 5.26 Å². The Bertz CT molecular complexity index is 691. The van der Waals surface area contributed by atoms with Crippen molar-refractivity contribution in [1.29, 1.82) is 5.26 Å². The van der Waals surface area contributed by atoms with Gasteiger partial charge in [-0.3, -0.25) is 4.79 Å². The molecule has 1 saturated heterocycles. The minimum absolute atomic E-state index is 0.113. The van der Waals surface area contributed by atoms with Crippen molar-refractivity contribution in [2.45, 2.75) is 19.4 Å². The van der Waals surface area contributed by atoms with Crippen LogP contribution in [0.5, 0.6) is 0 Å². The normalized spacial score (nSPS) is 16.3. The Morgan fingerprint density at radius 3 is 2.43 bits per heavy atom. The zero-order valence-electron chi connectivity index (χ0n) is 13.5. The van der Waals surface area contributed by atoms with Gasteiger partial charge in [-0.05, 0) is 31.5 Å². The van der Waals surface area contributed by atoms with E-state index in [1.807, 2.05) is 30.3 Å². The van der Waals surface area contributed by atoms with Gasteiger partial charge in [-0.25, -0.2) is 0 Å². The number of aryl methyl sites for hydroxylation is 1. The first kappa shape index (κ1) is 16.6. The number of rotatable bonds is 2. The molecule has 1 fully saturated rings. The number of benzene rings is 2. The van der Waals surface area contributed by atoms with Crippen LogP contribution in [0.3, 0.4) is 0 Å². The van der Waals surface area contributed by atoms with E-state index in [0.29, 0.717) is 5.56 Å². The van der Waals surface area contributed by atoms with Crippen LogP contribution >= 0.6 is 0 Å². The highest BCUT2D eigenvalue weighted by molar-refractivity contribution is 5.86. The number of hydrogen-bond acceptors (Lipinski definition) is 3. The Kier molecular flexibility index (Phi) is 5.76. The maximum atomic E-state index is 11.7. The molecule has 2 aromatic rings. The number of anilines is 1. The van der Waals surface area contributed by atoms with Crippen molar-refractivity contribution in [3.63, 3.8) is 0 Å². The van der Waals surface area contributed by atoms with Gasteiger partial charge < -0.3 is 10.2 Å². The lowest BCUT2D eigenvalue weighted by Crippen LogP contribution is -2.30. The van der Waals surface area contributed by atoms with Crippen molar-refractivity contribution < 1.29 is 4.79 Å². The van der Waals surface area contributed by atoms with Crippen molar-refractivity contribution >= 4 is 11.6 Å². The zero-order valence-corrected chi connectivity index (χ0v) is 13.5. The van der Waals surface area contributed by atoms with Crippen molar-refractivity contribution in [2.24, 2.45) is 0 Å². The van der Waals surface area contributed by atoms with Gasteiger partial charge in [0.25, 0.3) is 0 Å². The van der Waals surface area contributed by atoms with E-state index in [-0.39, 0.29) is 11.9 Å². The van der Waals surface area contributed by atoms with Crippen LogP contribution in [0.2, 0.25) is 0 Å². The fourth-order valence-corrected chi connectivity index (χ4v) is 2.37. The van der Waals surface area contributed by atoms with Gasteiger partial charge in [0.15, 0.2) is 0 Å². The first-order valence-corrected chi connectivity index (χ1v) is 7.63. The molecule has 1 N–H and O–H groups in total. The zero-order chi connectivity index (χ0) is 16.7. The first-order valence-electron chi connectivity index (χ1n) is 7.63. The van der Waals surface area contributed by atoms with Crippen LogP contribution in [0.1, 0.15) is 17.5 Å². The second-order valence-electron chi connectivity index (χ2n) is 5.59. The molecule has 2 aromatic carbocycles. The number of likely N-dealkylation sites (N-methyl/N-ethyl adjacent to an activating group) is 1. The molecule has 0 aromatic heterocycles. The van der Waals surface area contributed by atoms with Gasteiger partial charge in [-0.15, -0.1) is 0 Å². The predicted molar refractivity (Wildman–Crippen MR) is 92.0 cm³/mol. The van der Waals surface area contributed by atoms with Crippen molar-refractivity contribution in [1.82, 2.24) is 4.90 Å². The summed E-state index contributed by atoms with van der Waals surface area (Å²) in [4.78, 5) is 13.4. The van der Waals surface area contributed by atoms with E-state index >= 15 is 0 Å². The molecule has 4 nitrogen and oxygen atoms in total. The molecule has 3 rings (SSSR count). The standard InChI is InChI=1S/C12H13N3O.C7H8/c1-15-6-5-11(12(15)16)14-10-4-2-3-9(7-10)8-13;1-7-5-3-2-4-6-7/h2-4,7,11,14H,5-6H2,1H3;2-6H,1H3. The van der Waals surface area contributed by atoms with Gasteiger partial charge >= 0.3 is 0 Å². The van der Waals surface area contributed by atoms with Gasteiger partial charge in [0.1, 0.15) is 6.04 Å². The Hall–Kier alpha value is -2.80. The fourth-order valence-electron chi connectivity index (χ4n) is 2.37. The molecule has 0 spiro atoms. The molecule has 0 radical (unpaired) electrons. The highest BCUT2D eigenvalue weighted by atomic mass is 16.2. The lowest BCUT2D eigenvalue weighted by atomic mass is 10.2. The molecule has 118 valence electrons. The van der Waals surface area contributed by atoms with Crippen LogP contribution in [-0.4, -0.2) is 30.4 Å². The molecular weight excluding hydrogens is 286 g/mol. The van der Waals surface area contributed by atoms with Crippen molar-refractivity contribution in [2.75, 3.05) is 18.9 Å². The van der Waals surface area contributed by atoms with E-state index in [1.165, 1.54) is 5.56 Å². The van der Waals surface area contributed by atoms with Crippen molar-refractivity contribution in [3.8, 4) is 6.07 Å². The maximum absolute atomic E-state index is 11.7. The number of likely N-dealkylation sites (tertiary alicyclic amines) is 1. The van der Waals surface area contributed by atoms with E-state index in [1.54, 1.807) is 24.1 Å².